The van der Waals surface area contributed by atoms with Gasteiger partial charge in [-0.3, -0.25) is 0 Å². The number of rotatable bonds is 3. The van der Waals surface area contributed by atoms with Gasteiger partial charge >= 0.3 is 6.03 Å². The lowest BCUT2D eigenvalue weighted by Gasteiger charge is -2.32. The minimum Gasteiger partial charge on any atom is -0.356 e. The maximum Gasteiger partial charge on any atom is 0.322 e. The Morgan fingerprint density at radius 1 is 0.968 bits per heavy atom. The van der Waals surface area contributed by atoms with Crippen molar-refractivity contribution in [3.63, 3.8) is 0 Å². The van der Waals surface area contributed by atoms with Crippen LogP contribution in [0.3, 0.4) is 0 Å². The Kier molecular flexibility index (Phi) is 5.24. The number of fused-ring (bicyclic) bond motifs is 1. The summed E-state index contributed by atoms with van der Waals surface area (Å²) in [4.78, 5) is 26.7. The van der Waals surface area contributed by atoms with Gasteiger partial charge in [-0.1, -0.05) is 36.4 Å². The number of aromatic nitrogens is 2. The van der Waals surface area contributed by atoms with E-state index in [1.165, 1.54) is 12.1 Å². The first-order chi connectivity index (χ1) is 15.2. The molecule has 0 saturated carbocycles. The predicted molar refractivity (Wildman–Crippen MR) is 118 cm³/mol. The van der Waals surface area contributed by atoms with Gasteiger partial charge in [0, 0.05) is 42.9 Å². The number of anilines is 2. The Balaban J connectivity index is 1.45. The third kappa shape index (κ3) is 4.08. The summed E-state index contributed by atoms with van der Waals surface area (Å²) in [6.07, 6.45) is 2.95. The van der Waals surface area contributed by atoms with Gasteiger partial charge in [0.2, 0.25) is 0 Å². The maximum atomic E-state index is 13.5. The fourth-order valence-corrected chi connectivity index (χ4v) is 4.25. The molecule has 31 heavy (non-hydrogen) atoms. The van der Waals surface area contributed by atoms with Crippen LogP contribution in [0.5, 0.6) is 0 Å². The smallest absolute Gasteiger partial charge is 0.322 e. The molecule has 3 aromatic rings. The largest absolute Gasteiger partial charge is 0.356 e. The first kappa shape index (κ1) is 19.5. The zero-order valence-electron chi connectivity index (χ0n) is 17.2. The van der Waals surface area contributed by atoms with Gasteiger partial charge in [-0.2, -0.15) is 0 Å². The van der Waals surface area contributed by atoms with E-state index in [4.69, 9.17) is 9.97 Å². The Morgan fingerprint density at radius 3 is 2.55 bits per heavy atom. The highest BCUT2D eigenvalue weighted by molar-refractivity contribution is 5.89. The molecule has 0 spiro atoms. The molecule has 1 aromatic heterocycles. The number of hydrogen-bond acceptors (Lipinski definition) is 4. The van der Waals surface area contributed by atoms with Crippen LogP contribution in [0.1, 0.15) is 24.1 Å². The molecule has 0 atom stereocenters. The molecule has 3 heterocycles. The van der Waals surface area contributed by atoms with Gasteiger partial charge in [-0.05, 0) is 31.0 Å². The van der Waals surface area contributed by atoms with Gasteiger partial charge in [-0.25, -0.2) is 19.2 Å². The average molecular weight is 417 g/mol. The predicted octanol–water partition coefficient (Wildman–Crippen LogP) is 4.47. The molecular formula is C24H24FN5O. The van der Waals surface area contributed by atoms with Crippen molar-refractivity contribution in [3.8, 4) is 11.4 Å². The first-order valence-electron chi connectivity index (χ1n) is 10.7. The van der Waals surface area contributed by atoms with Crippen LogP contribution in [0.15, 0.2) is 54.6 Å². The monoisotopic (exact) mass is 417 g/mol. The lowest BCUT2D eigenvalue weighted by Crippen LogP contribution is -2.40. The third-order valence-electron chi connectivity index (χ3n) is 5.84. The molecular weight excluding hydrogens is 393 g/mol. The van der Waals surface area contributed by atoms with Crippen molar-refractivity contribution in [1.29, 1.82) is 0 Å². The number of carbonyl (C=O) groups excluding carboxylic acids is 1. The summed E-state index contributed by atoms with van der Waals surface area (Å²) in [5.74, 6) is 1.29. The summed E-state index contributed by atoms with van der Waals surface area (Å²) in [6, 6.07) is 15.7. The van der Waals surface area contributed by atoms with Crippen molar-refractivity contribution in [3.05, 3.63) is 71.7 Å². The molecule has 2 aliphatic heterocycles. The normalized spacial score (nSPS) is 15.6. The van der Waals surface area contributed by atoms with Gasteiger partial charge in [0.25, 0.3) is 0 Å². The Labute approximate surface area is 180 Å². The maximum absolute atomic E-state index is 13.5. The molecule has 0 radical (unpaired) electrons. The second kappa shape index (κ2) is 8.34. The topological polar surface area (TPSA) is 61.4 Å². The third-order valence-corrected chi connectivity index (χ3v) is 5.84. The minimum absolute atomic E-state index is 0.240. The zero-order valence-corrected chi connectivity index (χ0v) is 17.2. The number of benzene rings is 2. The number of nitrogens with zero attached hydrogens (tertiary/aromatic N) is 4. The van der Waals surface area contributed by atoms with Crippen molar-refractivity contribution in [2.45, 2.75) is 25.8 Å². The van der Waals surface area contributed by atoms with Crippen LogP contribution >= 0.6 is 0 Å². The lowest BCUT2D eigenvalue weighted by molar-refractivity contribution is 0.206. The van der Waals surface area contributed by atoms with Crippen molar-refractivity contribution in [2.24, 2.45) is 0 Å². The number of hydrogen-bond donors (Lipinski definition) is 1. The Bertz CT molecular complexity index is 1100. The van der Waals surface area contributed by atoms with E-state index in [9.17, 15) is 9.18 Å². The highest BCUT2D eigenvalue weighted by Crippen LogP contribution is 2.31. The SMILES string of the molecule is O=C(Nc1cccc(F)c1)N1CCc2nc(-c3ccccc3)nc(N3CCCC3)c2C1. The van der Waals surface area contributed by atoms with Crippen LogP contribution in [0.2, 0.25) is 0 Å². The summed E-state index contributed by atoms with van der Waals surface area (Å²) in [6.45, 7) is 2.93. The molecule has 1 N–H and O–H groups in total. The van der Waals surface area contributed by atoms with Crippen LogP contribution in [-0.2, 0) is 13.0 Å². The quantitative estimate of drug-likeness (QED) is 0.683. The number of urea groups is 1. The highest BCUT2D eigenvalue weighted by atomic mass is 19.1. The van der Waals surface area contributed by atoms with Gasteiger partial charge in [0.15, 0.2) is 5.82 Å². The van der Waals surface area contributed by atoms with Crippen LogP contribution in [0.4, 0.5) is 20.7 Å². The number of carbonyl (C=O) groups is 1. The molecule has 2 aliphatic rings. The van der Waals surface area contributed by atoms with Crippen molar-refractivity contribution in [1.82, 2.24) is 14.9 Å². The first-order valence-corrected chi connectivity index (χ1v) is 10.7. The van der Waals surface area contributed by atoms with Crippen LogP contribution in [-0.4, -0.2) is 40.5 Å². The fraction of sp³-hybridized carbons (Fsp3) is 0.292. The van der Waals surface area contributed by atoms with Crippen LogP contribution < -0.4 is 10.2 Å². The molecule has 0 bridgehead atoms. The molecule has 0 unspecified atom stereocenters. The molecule has 7 heteroatoms. The molecule has 1 fully saturated rings. The van der Waals surface area contributed by atoms with Crippen LogP contribution in [0.25, 0.3) is 11.4 Å². The van der Waals surface area contributed by atoms with E-state index in [2.05, 4.69) is 10.2 Å². The van der Waals surface area contributed by atoms with E-state index in [0.717, 1.165) is 54.4 Å². The Morgan fingerprint density at radius 2 is 1.77 bits per heavy atom. The van der Waals surface area contributed by atoms with E-state index >= 15 is 0 Å². The Hall–Kier alpha value is -3.48. The molecule has 1 saturated heterocycles. The van der Waals surface area contributed by atoms with Crippen molar-refractivity contribution < 1.29 is 9.18 Å². The fourth-order valence-electron chi connectivity index (χ4n) is 4.25. The summed E-state index contributed by atoms with van der Waals surface area (Å²) in [5, 5.41) is 2.80. The minimum atomic E-state index is -0.375. The number of halogens is 1. The molecule has 5 rings (SSSR count). The van der Waals surface area contributed by atoms with E-state index < -0.39 is 0 Å². The average Bonchev–Trinajstić information content (AvgIpc) is 3.33. The summed E-state index contributed by atoms with van der Waals surface area (Å²) in [5.41, 5.74) is 3.47. The number of amides is 2. The van der Waals surface area contributed by atoms with Gasteiger partial charge < -0.3 is 15.1 Å². The lowest BCUT2D eigenvalue weighted by atomic mass is 10.0. The van der Waals surface area contributed by atoms with Crippen LogP contribution in [0, 0.1) is 5.82 Å². The summed E-state index contributed by atoms with van der Waals surface area (Å²) >= 11 is 0. The summed E-state index contributed by atoms with van der Waals surface area (Å²) in [7, 11) is 0. The molecule has 6 nitrogen and oxygen atoms in total. The highest BCUT2D eigenvalue weighted by Gasteiger charge is 2.29. The standard InChI is InChI=1S/C24H24FN5O/c25-18-9-6-10-19(15-18)26-24(31)30-14-11-21-20(16-30)23(29-12-4-5-13-29)28-22(27-21)17-7-2-1-3-8-17/h1-3,6-10,15H,4-5,11-14,16H2,(H,26,31). The molecule has 158 valence electrons. The van der Waals surface area contributed by atoms with Gasteiger partial charge in [-0.15, -0.1) is 0 Å². The van der Waals surface area contributed by atoms with E-state index in [0.29, 0.717) is 25.2 Å². The zero-order chi connectivity index (χ0) is 21.2. The van der Waals surface area contributed by atoms with Crippen molar-refractivity contribution >= 4 is 17.5 Å². The second-order valence-electron chi connectivity index (χ2n) is 7.97. The molecule has 0 aliphatic carbocycles. The van der Waals surface area contributed by atoms with Crippen molar-refractivity contribution in [2.75, 3.05) is 29.9 Å². The van der Waals surface area contributed by atoms with E-state index in [1.54, 1.807) is 17.0 Å². The van der Waals surface area contributed by atoms with Gasteiger partial charge in [0.05, 0.1) is 12.2 Å². The molecule has 2 aromatic carbocycles. The summed E-state index contributed by atoms with van der Waals surface area (Å²) < 4.78 is 13.5. The van der Waals surface area contributed by atoms with E-state index in [1.807, 2.05) is 30.3 Å². The second-order valence-corrected chi connectivity index (χ2v) is 7.97. The number of nitrogens with one attached hydrogen (secondary N) is 1. The van der Waals surface area contributed by atoms with E-state index in [-0.39, 0.29) is 11.8 Å². The van der Waals surface area contributed by atoms with Gasteiger partial charge in [0.1, 0.15) is 11.6 Å². The molecule has 2 amide bonds.